The molecule has 7 heteroatoms. The largest absolute Gasteiger partial charge is 0.482 e. The second-order valence-corrected chi connectivity index (χ2v) is 3.73. The van der Waals surface area contributed by atoms with E-state index >= 15 is 0 Å². The molecule has 0 aliphatic carbocycles. The maximum atomic E-state index is 11.1. The second kappa shape index (κ2) is 5.85. The molecule has 1 aliphatic rings. The topological polar surface area (TPSA) is 88.4 Å². The number of benzene rings is 1. The van der Waals surface area contributed by atoms with Crippen molar-refractivity contribution in [2.24, 2.45) is 5.10 Å². The molecule has 0 saturated carbocycles. The molecule has 19 heavy (non-hydrogen) atoms. The van der Waals surface area contributed by atoms with Crippen LogP contribution >= 0.6 is 0 Å². The fourth-order valence-corrected chi connectivity index (χ4v) is 1.42. The van der Waals surface area contributed by atoms with E-state index < -0.39 is 12.1 Å². The molecule has 1 heterocycles. The first-order chi connectivity index (χ1) is 9.15. The van der Waals surface area contributed by atoms with Crippen LogP contribution in [-0.2, 0) is 9.53 Å². The number of ether oxygens (including phenoxy) is 2. The zero-order chi connectivity index (χ0) is 13.7. The molecule has 1 N–H and O–H groups in total. The van der Waals surface area contributed by atoms with Crippen LogP contribution in [0.25, 0.3) is 0 Å². The normalized spacial score (nSPS) is 14.7. The van der Waals surface area contributed by atoms with Crippen molar-refractivity contribution in [3.05, 3.63) is 29.8 Å². The van der Waals surface area contributed by atoms with Crippen LogP contribution in [0.4, 0.5) is 4.79 Å². The number of amides is 1. The number of carbonyl (C=O) groups is 2. The highest BCUT2D eigenvalue weighted by Crippen LogP contribution is 2.11. The van der Waals surface area contributed by atoms with E-state index in [9.17, 15) is 9.59 Å². The maximum Gasteiger partial charge on any atom is 0.430 e. The Kier molecular flexibility index (Phi) is 3.97. The minimum Gasteiger partial charge on any atom is -0.482 e. The first kappa shape index (κ1) is 12.9. The summed E-state index contributed by atoms with van der Waals surface area (Å²) >= 11 is 0. The summed E-state index contributed by atoms with van der Waals surface area (Å²) in [5, 5.41) is 13.7. The minimum atomic E-state index is -1.03. The molecule has 0 spiro atoms. The third-order valence-corrected chi connectivity index (χ3v) is 2.33. The van der Waals surface area contributed by atoms with Crippen LogP contribution in [0.1, 0.15) is 5.56 Å². The Labute approximate surface area is 109 Å². The summed E-state index contributed by atoms with van der Waals surface area (Å²) in [4.78, 5) is 21.4. The molecule has 100 valence electrons. The molecule has 0 unspecified atom stereocenters. The van der Waals surface area contributed by atoms with Crippen molar-refractivity contribution in [3.8, 4) is 5.75 Å². The Morgan fingerprint density at radius 1 is 1.47 bits per heavy atom. The highest BCUT2D eigenvalue weighted by molar-refractivity contribution is 5.81. The van der Waals surface area contributed by atoms with Gasteiger partial charge in [0.2, 0.25) is 0 Å². The van der Waals surface area contributed by atoms with Crippen molar-refractivity contribution in [1.82, 2.24) is 5.01 Å². The highest BCUT2D eigenvalue weighted by atomic mass is 16.6. The fourth-order valence-electron chi connectivity index (χ4n) is 1.42. The quantitative estimate of drug-likeness (QED) is 0.799. The first-order valence-electron chi connectivity index (χ1n) is 5.58. The van der Waals surface area contributed by atoms with Gasteiger partial charge in [-0.1, -0.05) is 0 Å². The molecule has 1 aliphatic heterocycles. The smallest absolute Gasteiger partial charge is 0.430 e. The van der Waals surface area contributed by atoms with Gasteiger partial charge in [0, 0.05) is 0 Å². The molecule has 0 radical (unpaired) electrons. The molecular weight excluding hydrogens is 252 g/mol. The van der Waals surface area contributed by atoms with E-state index in [1.54, 1.807) is 24.3 Å². The van der Waals surface area contributed by atoms with Gasteiger partial charge in [-0.2, -0.15) is 10.1 Å². The molecule has 0 bridgehead atoms. The lowest BCUT2D eigenvalue weighted by molar-refractivity contribution is -0.139. The van der Waals surface area contributed by atoms with Crippen LogP contribution in [0.2, 0.25) is 0 Å². The van der Waals surface area contributed by atoms with Crippen molar-refractivity contribution in [2.75, 3.05) is 19.8 Å². The first-order valence-corrected chi connectivity index (χ1v) is 5.58. The second-order valence-electron chi connectivity index (χ2n) is 3.73. The van der Waals surface area contributed by atoms with Crippen LogP contribution in [0.15, 0.2) is 29.4 Å². The number of aliphatic carboxylic acids is 1. The van der Waals surface area contributed by atoms with Gasteiger partial charge in [-0.25, -0.2) is 9.59 Å². The molecular formula is C12H12N2O5. The van der Waals surface area contributed by atoms with Gasteiger partial charge in [0.15, 0.2) is 6.61 Å². The summed E-state index contributed by atoms with van der Waals surface area (Å²) in [6, 6.07) is 6.68. The van der Waals surface area contributed by atoms with Gasteiger partial charge in [0.1, 0.15) is 12.4 Å². The summed E-state index contributed by atoms with van der Waals surface area (Å²) in [6.45, 7) is 0.403. The van der Waals surface area contributed by atoms with Crippen molar-refractivity contribution < 1.29 is 24.2 Å². The molecule has 1 aromatic rings. The maximum absolute atomic E-state index is 11.1. The van der Waals surface area contributed by atoms with Crippen LogP contribution in [-0.4, -0.2) is 48.2 Å². The van der Waals surface area contributed by atoms with E-state index in [-0.39, 0.29) is 6.61 Å². The van der Waals surface area contributed by atoms with Gasteiger partial charge in [-0.3, -0.25) is 0 Å². The summed E-state index contributed by atoms with van der Waals surface area (Å²) in [6.07, 6.45) is 1.06. The lowest BCUT2D eigenvalue weighted by Crippen LogP contribution is -2.17. The Hall–Kier alpha value is -2.57. The standard InChI is InChI=1S/C12H12N2O5/c15-11(16)8-19-10-3-1-9(2-4-10)7-13-14-5-6-18-12(14)17/h1-4,7H,5-6,8H2,(H,15,16)/b13-7+. The van der Waals surface area contributed by atoms with Gasteiger partial charge < -0.3 is 14.6 Å². The summed E-state index contributed by atoms with van der Waals surface area (Å²) in [5.74, 6) is -0.571. The van der Waals surface area contributed by atoms with E-state index in [0.29, 0.717) is 18.9 Å². The fraction of sp³-hybridized carbons (Fsp3) is 0.250. The molecule has 0 atom stereocenters. The van der Waals surface area contributed by atoms with Gasteiger partial charge in [0.05, 0.1) is 12.8 Å². The number of carboxylic acids is 1. The zero-order valence-corrected chi connectivity index (χ0v) is 9.98. The number of cyclic esters (lactones) is 1. The molecule has 1 amide bonds. The van der Waals surface area contributed by atoms with Gasteiger partial charge in [-0.15, -0.1) is 0 Å². The number of rotatable bonds is 5. The summed E-state index contributed by atoms with van der Waals surface area (Å²) in [7, 11) is 0. The molecule has 1 aromatic carbocycles. The molecule has 1 fully saturated rings. The number of hydrazone groups is 1. The Morgan fingerprint density at radius 3 is 2.79 bits per heavy atom. The SMILES string of the molecule is O=C(O)COc1ccc(/C=N/N2CCOC2=O)cc1. The van der Waals surface area contributed by atoms with Crippen molar-refractivity contribution in [2.45, 2.75) is 0 Å². The molecule has 0 aromatic heterocycles. The van der Waals surface area contributed by atoms with E-state index in [2.05, 4.69) is 5.10 Å². The number of nitrogens with zero attached hydrogens (tertiary/aromatic N) is 2. The number of carbonyl (C=O) groups excluding carboxylic acids is 1. The lowest BCUT2D eigenvalue weighted by Gasteiger charge is -2.04. The van der Waals surface area contributed by atoms with Crippen molar-refractivity contribution in [1.29, 1.82) is 0 Å². The van der Waals surface area contributed by atoms with Crippen LogP contribution in [0.3, 0.4) is 0 Å². The summed E-state index contributed by atoms with van der Waals surface area (Å²) in [5.41, 5.74) is 0.766. The van der Waals surface area contributed by atoms with E-state index in [0.717, 1.165) is 5.56 Å². The van der Waals surface area contributed by atoms with Gasteiger partial charge >= 0.3 is 12.1 Å². The number of carboxylic acid groups (broad SMARTS) is 1. The Bertz CT molecular complexity index is 497. The number of hydrogen-bond acceptors (Lipinski definition) is 5. The van der Waals surface area contributed by atoms with Crippen LogP contribution < -0.4 is 4.74 Å². The summed E-state index contributed by atoms with van der Waals surface area (Å²) < 4.78 is 9.71. The third kappa shape index (κ3) is 3.70. The average Bonchev–Trinajstić information content (AvgIpc) is 2.81. The van der Waals surface area contributed by atoms with Gasteiger partial charge in [0.25, 0.3) is 0 Å². The Morgan fingerprint density at radius 2 is 2.21 bits per heavy atom. The molecule has 2 rings (SSSR count). The Balaban J connectivity index is 1.92. The molecule has 1 saturated heterocycles. The third-order valence-electron chi connectivity index (χ3n) is 2.33. The van der Waals surface area contributed by atoms with Crippen molar-refractivity contribution >= 4 is 18.3 Å². The van der Waals surface area contributed by atoms with E-state index in [4.69, 9.17) is 14.6 Å². The van der Waals surface area contributed by atoms with Crippen LogP contribution in [0.5, 0.6) is 5.75 Å². The predicted octanol–water partition coefficient (Wildman–Crippen LogP) is 0.936. The predicted molar refractivity (Wildman–Crippen MR) is 65.2 cm³/mol. The van der Waals surface area contributed by atoms with E-state index in [1.807, 2.05) is 0 Å². The minimum absolute atomic E-state index is 0.345. The van der Waals surface area contributed by atoms with Crippen LogP contribution in [0, 0.1) is 0 Å². The average molecular weight is 264 g/mol. The van der Waals surface area contributed by atoms with Gasteiger partial charge in [-0.05, 0) is 29.8 Å². The van der Waals surface area contributed by atoms with Crippen molar-refractivity contribution in [3.63, 3.8) is 0 Å². The zero-order valence-electron chi connectivity index (χ0n) is 9.98. The lowest BCUT2D eigenvalue weighted by atomic mass is 10.2. The van der Waals surface area contributed by atoms with E-state index in [1.165, 1.54) is 11.2 Å². The number of hydrogen-bond donors (Lipinski definition) is 1. The monoisotopic (exact) mass is 264 g/mol. The highest BCUT2D eigenvalue weighted by Gasteiger charge is 2.20. The molecule has 7 nitrogen and oxygen atoms in total.